The molecule has 1 saturated carbocycles. The van der Waals surface area contributed by atoms with E-state index in [0.717, 1.165) is 51.9 Å². The van der Waals surface area contributed by atoms with Crippen LogP contribution in [-0.2, 0) is 11.3 Å². The molecule has 1 aliphatic carbocycles. The number of aliphatic hydroxyl groups is 1. The van der Waals surface area contributed by atoms with Crippen molar-refractivity contribution in [1.82, 2.24) is 9.88 Å². The molecule has 2 aliphatic rings. The van der Waals surface area contributed by atoms with Crippen molar-refractivity contribution in [3.63, 3.8) is 0 Å². The number of aliphatic hydroxyl groups excluding tert-OH is 1. The smallest absolute Gasteiger partial charge is 0.253 e. The first kappa shape index (κ1) is 28.6. The summed E-state index contributed by atoms with van der Waals surface area (Å²) < 4.78 is 11.7. The highest BCUT2D eigenvalue weighted by atomic mass is 32.1. The van der Waals surface area contributed by atoms with E-state index in [1.165, 1.54) is 12.8 Å². The predicted octanol–water partition coefficient (Wildman–Crippen LogP) is 5.57. The molecule has 2 heterocycles. The van der Waals surface area contributed by atoms with E-state index >= 15 is 0 Å². The highest BCUT2D eigenvalue weighted by molar-refractivity contribution is 7.14. The zero-order valence-electron chi connectivity index (χ0n) is 24.1. The highest BCUT2D eigenvalue weighted by Gasteiger charge is 2.42. The predicted molar refractivity (Wildman–Crippen MR) is 160 cm³/mol. The third-order valence-corrected chi connectivity index (χ3v) is 9.41. The number of ether oxygens (including phenoxy) is 2. The molecule has 3 aromatic rings. The van der Waals surface area contributed by atoms with E-state index in [-0.39, 0.29) is 5.91 Å². The Labute approximate surface area is 241 Å². The van der Waals surface area contributed by atoms with Gasteiger partial charge in [0.15, 0.2) is 5.13 Å². The average molecular weight is 564 g/mol. The van der Waals surface area contributed by atoms with Crippen molar-refractivity contribution in [2.24, 2.45) is 17.8 Å². The molecule has 1 amide bonds. The SMILES string of the molecule is CCOCCN(C)C(=O)c1ccc(COc2ccc(C)cc2-c2csc(N3C[C@H]4CC[C@@H](C3)C4CO)n2)c(C)c1. The Morgan fingerprint density at radius 2 is 1.93 bits per heavy atom. The number of rotatable bonds is 11. The molecule has 3 atom stereocenters. The van der Waals surface area contributed by atoms with Gasteiger partial charge in [0.25, 0.3) is 5.91 Å². The Kier molecular flexibility index (Phi) is 9.08. The summed E-state index contributed by atoms with van der Waals surface area (Å²) in [7, 11) is 1.80. The number of aromatic nitrogens is 1. The molecule has 5 rings (SSSR count). The van der Waals surface area contributed by atoms with E-state index in [9.17, 15) is 9.90 Å². The third kappa shape index (κ3) is 6.19. The quantitative estimate of drug-likeness (QED) is 0.308. The fourth-order valence-electron chi connectivity index (χ4n) is 6.11. The van der Waals surface area contributed by atoms with E-state index in [4.69, 9.17) is 14.5 Å². The second-order valence-corrected chi connectivity index (χ2v) is 12.1. The molecule has 8 heteroatoms. The Morgan fingerprint density at radius 3 is 2.62 bits per heavy atom. The lowest BCUT2D eigenvalue weighted by atomic mass is 9.86. The van der Waals surface area contributed by atoms with E-state index in [0.29, 0.717) is 56.3 Å². The first-order chi connectivity index (χ1) is 19.4. The van der Waals surface area contributed by atoms with Gasteiger partial charge >= 0.3 is 0 Å². The Bertz CT molecular complexity index is 1310. The molecule has 0 spiro atoms. The maximum Gasteiger partial charge on any atom is 0.253 e. The number of carbonyl (C=O) groups is 1. The molecule has 1 saturated heterocycles. The molecule has 1 N–H and O–H groups in total. The van der Waals surface area contributed by atoms with Gasteiger partial charge in [-0.15, -0.1) is 11.3 Å². The van der Waals surface area contributed by atoms with Crippen LogP contribution in [0.2, 0.25) is 0 Å². The van der Waals surface area contributed by atoms with Crippen molar-refractivity contribution in [1.29, 1.82) is 0 Å². The summed E-state index contributed by atoms with van der Waals surface area (Å²) in [4.78, 5) is 22.0. The van der Waals surface area contributed by atoms with E-state index in [1.54, 1.807) is 23.3 Å². The zero-order valence-corrected chi connectivity index (χ0v) is 24.9. The molecular formula is C32H41N3O4S. The van der Waals surface area contributed by atoms with Gasteiger partial charge < -0.3 is 24.4 Å². The van der Waals surface area contributed by atoms with Gasteiger partial charge in [-0.25, -0.2) is 4.98 Å². The van der Waals surface area contributed by atoms with Gasteiger partial charge in [-0.2, -0.15) is 0 Å². The lowest BCUT2D eigenvalue weighted by molar-refractivity contribution is 0.0710. The fraction of sp³-hybridized carbons (Fsp3) is 0.500. The number of anilines is 1. The van der Waals surface area contributed by atoms with E-state index in [1.807, 2.05) is 38.1 Å². The first-order valence-corrected chi connectivity index (χ1v) is 15.2. The maximum atomic E-state index is 12.8. The molecule has 1 unspecified atom stereocenters. The largest absolute Gasteiger partial charge is 0.488 e. The Morgan fingerprint density at radius 1 is 1.15 bits per heavy atom. The normalized spacial score (nSPS) is 20.1. The second-order valence-electron chi connectivity index (χ2n) is 11.2. The Balaban J connectivity index is 1.27. The summed E-state index contributed by atoms with van der Waals surface area (Å²) in [5.41, 5.74) is 5.82. The van der Waals surface area contributed by atoms with Crippen LogP contribution in [0.5, 0.6) is 5.75 Å². The van der Waals surface area contributed by atoms with Gasteiger partial charge in [-0.05, 0) is 86.8 Å². The minimum absolute atomic E-state index is 0.0102. The summed E-state index contributed by atoms with van der Waals surface area (Å²) >= 11 is 1.69. The lowest BCUT2D eigenvalue weighted by Crippen LogP contribution is -2.43. The van der Waals surface area contributed by atoms with Gasteiger partial charge in [0, 0.05) is 56.4 Å². The number of nitrogens with zero attached hydrogens (tertiary/aromatic N) is 3. The van der Waals surface area contributed by atoms with Crippen LogP contribution in [0.25, 0.3) is 11.3 Å². The molecule has 1 aromatic heterocycles. The van der Waals surface area contributed by atoms with Crippen LogP contribution in [0.4, 0.5) is 5.13 Å². The number of fused-ring (bicyclic) bond motifs is 2. The summed E-state index contributed by atoms with van der Waals surface area (Å²) in [6.45, 7) is 10.5. The number of aryl methyl sites for hydroxylation is 2. The number of hydrogen-bond acceptors (Lipinski definition) is 7. The summed E-state index contributed by atoms with van der Waals surface area (Å²) in [5.74, 6) is 2.37. The summed E-state index contributed by atoms with van der Waals surface area (Å²) in [6.07, 6.45) is 2.42. The van der Waals surface area contributed by atoms with Crippen molar-refractivity contribution in [3.05, 3.63) is 64.0 Å². The van der Waals surface area contributed by atoms with Crippen LogP contribution in [0.3, 0.4) is 0 Å². The number of hydrogen-bond donors (Lipinski definition) is 1. The third-order valence-electron chi connectivity index (χ3n) is 8.51. The summed E-state index contributed by atoms with van der Waals surface area (Å²) in [6, 6.07) is 12.0. The van der Waals surface area contributed by atoms with Crippen LogP contribution >= 0.6 is 11.3 Å². The average Bonchev–Trinajstić information content (AvgIpc) is 3.54. The van der Waals surface area contributed by atoms with Crippen LogP contribution in [0.15, 0.2) is 41.8 Å². The van der Waals surface area contributed by atoms with Gasteiger partial charge in [0.1, 0.15) is 12.4 Å². The van der Waals surface area contributed by atoms with E-state index < -0.39 is 0 Å². The molecule has 1 aliphatic heterocycles. The van der Waals surface area contributed by atoms with Crippen molar-refractivity contribution in [2.45, 2.75) is 40.2 Å². The van der Waals surface area contributed by atoms with Gasteiger partial charge in [-0.1, -0.05) is 17.7 Å². The van der Waals surface area contributed by atoms with Gasteiger partial charge in [-0.3, -0.25) is 4.79 Å². The number of likely N-dealkylation sites (N-methyl/N-ethyl adjacent to an activating group) is 1. The molecule has 40 heavy (non-hydrogen) atoms. The number of benzene rings is 2. The zero-order chi connectivity index (χ0) is 28.2. The highest BCUT2D eigenvalue weighted by Crippen LogP contribution is 2.44. The van der Waals surface area contributed by atoms with Crippen molar-refractivity contribution < 1.29 is 19.4 Å². The molecule has 214 valence electrons. The van der Waals surface area contributed by atoms with Crippen LogP contribution in [0, 0.1) is 31.6 Å². The van der Waals surface area contributed by atoms with E-state index in [2.05, 4.69) is 29.3 Å². The topological polar surface area (TPSA) is 75.1 Å². The van der Waals surface area contributed by atoms with Gasteiger partial charge in [0.2, 0.25) is 0 Å². The number of thiazole rings is 1. The maximum absolute atomic E-state index is 12.8. The molecule has 0 radical (unpaired) electrons. The molecule has 2 fully saturated rings. The van der Waals surface area contributed by atoms with Crippen molar-refractivity contribution in [2.75, 3.05) is 51.4 Å². The molecular weight excluding hydrogens is 522 g/mol. The summed E-state index contributed by atoms with van der Waals surface area (Å²) in [5, 5.41) is 13.0. The number of amides is 1. The lowest BCUT2D eigenvalue weighted by Gasteiger charge is -2.37. The Hall–Kier alpha value is -2.94. The standard InChI is InChI=1S/C32H41N3O4S/c1-5-38-13-12-34(4)31(37)23-7-10-26(22(3)15-23)19-39-30-11-6-21(2)14-27(30)29-20-40-32(33-29)35-16-24-8-9-25(17-35)28(24)18-36/h6-7,10-11,14-15,20,24-25,28,36H,5,8-9,12-13,16-19H2,1-4H3/t24-,25+,28?. The fourth-order valence-corrected chi connectivity index (χ4v) is 6.95. The minimum atomic E-state index is -0.0102. The first-order valence-electron chi connectivity index (χ1n) is 14.4. The minimum Gasteiger partial charge on any atom is -0.488 e. The van der Waals surface area contributed by atoms with Crippen LogP contribution < -0.4 is 9.64 Å². The van der Waals surface area contributed by atoms with Crippen LogP contribution in [-0.4, -0.2) is 67.4 Å². The number of piperidine rings is 1. The molecule has 2 bridgehead atoms. The molecule has 7 nitrogen and oxygen atoms in total. The second kappa shape index (κ2) is 12.7. The number of carbonyl (C=O) groups excluding carboxylic acids is 1. The monoisotopic (exact) mass is 563 g/mol. The molecule has 2 aromatic carbocycles. The van der Waals surface area contributed by atoms with Gasteiger partial charge in [0.05, 0.1) is 12.3 Å². The van der Waals surface area contributed by atoms with Crippen molar-refractivity contribution in [3.8, 4) is 17.0 Å². The van der Waals surface area contributed by atoms with Crippen LogP contribution in [0.1, 0.15) is 46.8 Å². The van der Waals surface area contributed by atoms with Crippen molar-refractivity contribution >= 4 is 22.4 Å².